The number of rotatable bonds is 3. The van der Waals surface area contributed by atoms with Crippen LogP contribution >= 0.6 is 0 Å². The van der Waals surface area contributed by atoms with Crippen molar-refractivity contribution < 1.29 is 14.2 Å². The Labute approximate surface area is 138 Å². The zero-order valence-electron chi connectivity index (χ0n) is 13.0. The quantitative estimate of drug-likeness (QED) is 0.803. The Morgan fingerprint density at radius 1 is 0.958 bits per heavy atom. The highest BCUT2D eigenvalue weighted by atomic mass is 16.7. The SMILES string of the molecule is COc1ccccc1-c1cc(-c2ccc3c(c2)OCO3)cc(=O)[nH]1. The third kappa shape index (κ3) is 2.50. The lowest BCUT2D eigenvalue weighted by Crippen LogP contribution is -2.06. The molecule has 120 valence electrons. The Balaban J connectivity index is 1.84. The molecule has 0 unspecified atom stereocenters. The third-order valence-electron chi connectivity index (χ3n) is 3.95. The highest BCUT2D eigenvalue weighted by molar-refractivity contribution is 5.74. The molecule has 1 aliphatic heterocycles. The number of H-pyrrole nitrogens is 1. The standard InChI is InChI=1S/C19H15NO4/c1-22-16-5-3-2-4-14(16)15-8-13(10-19(21)20-15)12-6-7-17-18(9-12)24-11-23-17/h2-10H,11H2,1H3,(H,20,21). The van der Waals surface area contributed by atoms with Gasteiger partial charge in [-0.25, -0.2) is 0 Å². The van der Waals surface area contributed by atoms with E-state index in [-0.39, 0.29) is 12.4 Å². The van der Waals surface area contributed by atoms with Crippen LogP contribution in [0.5, 0.6) is 17.2 Å². The number of pyridine rings is 1. The molecule has 0 radical (unpaired) electrons. The van der Waals surface area contributed by atoms with Gasteiger partial charge in [-0.1, -0.05) is 18.2 Å². The van der Waals surface area contributed by atoms with E-state index in [1.165, 1.54) is 0 Å². The molecule has 1 aromatic heterocycles. The Morgan fingerprint density at radius 3 is 2.67 bits per heavy atom. The summed E-state index contributed by atoms with van der Waals surface area (Å²) >= 11 is 0. The van der Waals surface area contributed by atoms with Crippen LogP contribution in [0.15, 0.2) is 59.4 Å². The summed E-state index contributed by atoms with van der Waals surface area (Å²) in [5, 5.41) is 0. The van der Waals surface area contributed by atoms with Crippen LogP contribution in [-0.4, -0.2) is 18.9 Å². The van der Waals surface area contributed by atoms with Crippen LogP contribution in [0, 0.1) is 0 Å². The van der Waals surface area contributed by atoms with Crippen LogP contribution in [0.2, 0.25) is 0 Å². The molecular weight excluding hydrogens is 306 g/mol. The first-order valence-corrected chi connectivity index (χ1v) is 7.52. The normalized spacial score (nSPS) is 12.2. The summed E-state index contributed by atoms with van der Waals surface area (Å²) in [5.74, 6) is 2.11. The lowest BCUT2D eigenvalue weighted by molar-refractivity contribution is 0.174. The monoisotopic (exact) mass is 321 g/mol. The molecule has 1 N–H and O–H groups in total. The molecule has 2 heterocycles. The van der Waals surface area contributed by atoms with Crippen molar-refractivity contribution in [1.82, 2.24) is 4.98 Å². The van der Waals surface area contributed by atoms with Gasteiger partial charge in [-0.2, -0.15) is 0 Å². The summed E-state index contributed by atoms with van der Waals surface area (Å²) in [6.45, 7) is 0.223. The summed E-state index contributed by atoms with van der Waals surface area (Å²) in [7, 11) is 1.61. The van der Waals surface area contributed by atoms with Crippen LogP contribution < -0.4 is 19.8 Å². The fraction of sp³-hybridized carbons (Fsp3) is 0.105. The molecule has 0 saturated carbocycles. The van der Waals surface area contributed by atoms with Gasteiger partial charge in [0.25, 0.3) is 0 Å². The van der Waals surface area contributed by atoms with Crippen molar-refractivity contribution in [2.45, 2.75) is 0 Å². The maximum atomic E-state index is 12.1. The second kappa shape index (κ2) is 5.77. The van der Waals surface area contributed by atoms with E-state index in [1.54, 1.807) is 13.2 Å². The molecule has 0 bridgehead atoms. The van der Waals surface area contributed by atoms with Gasteiger partial charge in [-0.15, -0.1) is 0 Å². The van der Waals surface area contributed by atoms with Crippen molar-refractivity contribution in [3.05, 3.63) is 65.0 Å². The summed E-state index contributed by atoms with van der Waals surface area (Å²) in [5.41, 5.74) is 3.05. The minimum Gasteiger partial charge on any atom is -0.496 e. The molecule has 0 saturated heterocycles. The fourth-order valence-electron chi connectivity index (χ4n) is 2.80. The Morgan fingerprint density at radius 2 is 1.79 bits per heavy atom. The van der Waals surface area contributed by atoms with Gasteiger partial charge in [0.2, 0.25) is 12.4 Å². The van der Waals surface area contributed by atoms with E-state index in [0.717, 1.165) is 16.7 Å². The maximum absolute atomic E-state index is 12.1. The van der Waals surface area contributed by atoms with Crippen molar-refractivity contribution in [2.24, 2.45) is 0 Å². The van der Waals surface area contributed by atoms with Crippen LogP contribution in [0.4, 0.5) is 0 Å². The Kier molecular flexibility index (Phi) is 3.46. The number of hydrogen-bond acceptors (Lipinski definition) is 4. The number of benzene rings is 2. The topological polar surface area (TPSA) is 60.6 Å². The second-order valence-corrected chi connectivity index (χ2v) is 5.42. The predicted molar refractivity (Wildman–Crippen MR) is 90.6 cm³/mol. The predicted octanol–water partition coefficient (Wildman–Crippen LogP) is 3.45. The highest BCUT2D eigenvalue weighted by Gasteiger charge is 2.15. The van der Waals surface area contributed by atoms with Crippen molar-refractivity contribution in [2.75, 3.05) is 13.9 Å². The van der Waals surface area contributed by atoms with Crippen LogP contribution in [0.1, 0.15) is 0 Å². The number of fused-ring (bicyclic) bond motifs is 1. The largest absolute Gasteiger partial charge is 0.496 e. The summed E-state index contributed by atoms with van der Waals surface area (Å²) in [6.07, 6.45) is 0. The van der Waals surface area contributed by atoms with Gasteiger partial charge in [0.15, 0.2) is 11.5 Å². The molecule has 2 aromatic carbocycles. The fourth-order valence-corrected chi connectivity index (χ4v) is 2.80. The first-order chi connectivity index (χ1) is 11.7. The van der Waals surface area contributed by atoms with Crippen molar-refractivity contribution in [3.8, 4) is 39.6 Å². The molecule has 0 fully saturated rings. The number of methoxy groups -OCH3 is 1. The van der Waals surface area contributed by atoms with Gasteiger partial charge in [0.05, 0.1) is 12.8 Å². The molecule has 0 spiro atoms. The van der Waals surface area contributed by atoms with E-state index in [0.29, 0.717) is 22.9 Å². The first kappa shape index (κ1) is 14.4. The third-order valence-corrected chi connectivity index (χ3v) is 3.95. The molecular formula is C19H15NO4. The van der Waals surface area contributed by atoms with Crippen molar-refractivity contribution >= 4 is 0 Å². The van der Waals surface area contributed by atoms with Crippen LogP contribution in [0.25, 0.3) is 22.4 Å². The van der Waals surface area contributed by atoms with Crippen molar-refractivity contribution in [3.63, 3.8) is 0 Å². The first-order valence-electron chi connectivity index (χ1n) is 7.52. The molecule has 5 heteroatoms. The second-order valence-electron chi connectivity index (χ2n) is 5.42. The average molecular weight is 321 g/mol. The van der Waals surface area contributed by atoms with E-state index in [4.69, 9.17) is 14.2 Å². The number of ether oxygens (including phenoxy) is 3. The van der Waals surface area contributed by atoms with E-state index in [9.17, 15) is 4.79 Å². The minimum absolute atomic E-state index is 0.175. The van der Waals surface area contributed by atoms with Crippen LogP contribution in [-0.2, 0) is 0 Å². The smallest absolute Gasteiger partial charge is 0.249 e. The number of nitrogens with one attached hydrogen (secondary N) is 1. The molecule has 24 heavy (non-hydrogen) atoms. The zero-order chi connectivity index (χ0) is 16.5. The van der Waals surface area contributed by atoms with Crippen molar-refractivity contribution in [1.29, 1.82) is 0 Å². The molecule has 3 aromatic rings. The van der Waals surface area contributed by atoms with Gasteiger partial charge >= 0.3 is 0 Å². The van der Waals surface area contributed by atoms with Gasteiger partial charge < -0.3 is 19.2 Å². The van der Waals surface area contributed by atoms with Gasteiger partial charge in [-0.3, -0.25) is 4.79 Å². The number of hydrogen-bond donors (Lipinski definition) is 1. The average Bonchev–Trinajstić information content (AvgIpc) is 3.09. The molecule has 4 rings (SSSR count). The van der Waals surface area contributed by atoms with Gasteiger partial charge in [-0.05, 0) is 41.5 Å². The molecule has 0 aliphatic carbocycles. The highest BCUT2D eigenvalue weighted by Crippen LogP contribution is 2.36. The maximum Gasteiger partial charge on any atom is 0.249 e. The van der Waals surface area contributed by atoms with Crippen LogP contribution in [0.3, 0.4) is 0 Å². The zero-order valence-corrected chi connectivity index (χ0v) is 13.0. The summed E-state index contributed by atoms with van der Waals surface area (Å²) in [6, 6.07) is 16.7. The Bertz CT molecular complexity index is 962. The molecule has 1 aliphatic rings. The van der Waals surface area contributed by atoms with E-state index in [2.05, 4.69) is 4.98 Å². The lowest BCUT2D eigenvalue weighted by atomic mass is 10.0. The molecule has 0 atom stereocenters. The molecule has 0 amide bonds. The number of aromatic nitrogens is 1. The number of para-hydroxylation sites is 1. The van der Waals surface area contributed by atoms with E-state index < -0.39 is 0 Å². The molecule has 5 nitrogen and oxygen atoms in total. The van der Waals surface area contributed by atoms with E-state index in [1.807, 2.05) is 48.5 Å². The lowest BCUT2D eigenvalue weighted by Gasteiger charge is -2.10. The van der Waals surface area contributed by atoms with E-state index >= 15 is 0 Å². The minimum atomic E-state index is -0.175. The Hall–Kier alpha value is -3.21. The summed E-state index contributed by atoms with van der Waals surface area (Å²) < 4.78 is 16.1. The van der Waals surface area contributed by atoms with Gasteiger partial charge in [0.1, 0.15) is 5.75 Å². The van der Waals surface area contributed by atoms with Gasteiger partial charge in [0, 0.05) is 11.6 Å². The number of aromatic amines is 1. The summed E-state index contributed by atoms with van der Waals surface area (Å²) in [4.78, 5) is 15.0.